The first-order valence-electron chi connectivity index (χ1n) is 7.70. The highest BCUT2D eigenvalue weighted by Crippen LogP contribution is 2.35. The molecule has 0 radical (unpaired) electrons. The predicted molar refractivity (Wildman–Crippen MR) is 96.1 cm³/mol. The summed E-state index contributed by atoms with van der Waals surface area (Å²) in [6.07, 6.45) is 0. The van der Waals surface area contributed by atoms with Crippen LogP contribution in [0.15, 0.2) is 41.3 Å². The molecule has 0 unspecified atom stereocenters. The van der Waals surface area contributed by atoms with Gasteiger partial charge in [-0.1, -0.05) is 0 Å². The van der Waals surface area contributed by atoms with Crippen molar-refractivity contribution >= 4 is 23.4 Å². The molecule has 132 valence electrons. The summed E-state index contributed by atoms with van der Waals surface area (Å²) in [5.41, 5.74) is 0.675. The lowest BCUT2D eigenvalue weighted by Gasteiger charge is -2.14. The Balaban J connectivity index is 1.64. The molecule has 0 fully saturated rings. The highest BCUT2D eigenvalue weighted by atomic mass is 32.2. The molecule has 1 N–H and O–H groups in total. The summed E-state index contributed by atoms with van der Waals surface area (Å²) in [5.74, 6) is 2.52. The minimum absolute atomic E-state index is 0.0985. The van der Waals surface area contributed by atoms with Crippen molar-refractivity contribution in [2.24, 2.45) is 0 Å². The van der Waals surface area contributed by atoms with Crippen molar-refractivity contribution in [3.05, 3.63) is 36.4 Å². The highest BCUT2D eigenvalue weighted by Gasteiger charge is 2.18. The molecule has 25 heavy (non-hydrogen) atoms. The van der Waals surface area contributed by atoms with E-state index in [0.29, 0.717) is 28.7 Å². The van der Waals surface area contributed by atoms with Gasteiger partial charge in [0, 0.05) is 16.6 Å². The minimum atomic E-state index is -0.288. The molecule has 0 bridgehead atoms. The Morgan fingerprint density at radius 1 is 1.08 bits per heavy atom. The molecule has 0 saturated carbocycles. The molecular formula is C18H19NO5S. The monoisotopic (exact) mass is 361 g/mol. The van der Waals surface area contributed by atoms with Gasteiger partial charge in [0.1, 0.15) is 0 Å². The number of benzene rings is 2. The summed E-state index contributed by atoms with van der Waals surface area (Å²) < 4.78 is 21.1. The Bertz CT molecular complexity index is 780. The average molecular weight is 361 g/mol. The van der Waals surface area contributed by atoms with Crippen LogP contribution in [0.25, 0.3) is 0 Å². The lowest BCUT2D eigenvalue weighted by atomic mass is 10.2. The van der Waals surface area contributed by atoms with Crippen LogP contribution >= 0.6 is 11.8 Å². The van der Waals surface area contributed by atoms with E-state index in [1.54, 1.807) is 32.4 Å². The van der Waals surface area contributed by atoms with Crippen molar-refractivity contribution in [2.75, 3.05) is 26.3 Å². The van der Waals surface area contributed by atoms with E-state index in [9.17, 15) is 4.79 Å². The number of nitrogens with one attached hydrogen (secondary N) is 1. The van der Waals surface area contributed by atoms with E-state index in [1.165, 1.54) is 11.8 Å². The van der Waals surface area contributed by atoms with Crippen LogP contribution < -0.4 is 24.3 Å². The van der Waals surface area contributed by atoms with Crippen molar-refractivity contribution in [3.8, 4) is 23.0 Å². The molecule has 0 spiro atoms. The van der Waals surface area contributed by atoms with Crippen LogP contribution in [0, 0.1) is 0 Å². The van der Waals surface area contributed by atoms with E-state index in [1.807, 2.05) is 25.1 Å². The number of anilines is 1. The quantitative estimate of drug-likeness (QED) is 0.794. The van der Waals surface area contributed by atoms with Gasteiger partial charge in [0.2, 0.25) is 12.7 Å². The molecule has 1 aliphatic heterocycles. The number of thioether (sulfide) groups is 1. The molecule has 6 nitrogen and oxygen atoms in total. The fourth-order valence-corrected chi connectivity index (χ4v) is 3.26. The molecule has 0 aliphatic carbocycles. The Morgan fingerprint density at radius 2 is 1.84 bits per heavy atom. The van der Waals surface area contributed by atoms with E-state index in [0.717, 1.165) is 4.90 Å². The maximum atomic E-state index is 12.4. The third-order valence-corrected chi connectivity index (χ3v) is 4.77. The summed E-state index contributed by atoms with van der Waals surface area (Å²) in [5, 5.41) is 2.60. The van der Waals surface area contributed by atoms with Gasteiger partial charge in [-0.25, -0.2) is 0 Å². The van der Waals surface area contributed by atoms with Gasteiger partial charge in [-0.3, -0.25) is 4.79 Å². The first-order valence-corrected chi connectivity index (χ1v) is 8.58. The number of carbonyl (C=O) groups excluding carboxylic acids is 1. The standard InChI is InChI=1S/C18H19NO5S/c1-11(25-13-5-7-14(21-2)16(9-13)22-3)18(20)19-12-4-6-15-17(8-12)24-10-23-15/h4-9,11H,10H2,1-3H3,(H,19,20)/t11-/m0/s1. The van der Waals surface area contributed by atoms with Crippen molar-refractivity contribution in [1.82, 2.24) is 0 Å². The Labute approximate surface area is 150 Å². The van der Waals surface area contributed by atoms with Crippen LogP contribution in [0.5, 0.6) is 23.0 Å². The first kappa shape index (κ1) is 17.3. The molecule has 7 heteroatoms. The van der Waals surface area contributed by atoms with Gasteiger partial charge in [-0.2, -0.15) is 0 Å². The molecule has 0 saturated heterocycles. The molecule has 2 aromatic rings. The van der Waals surface area contributed by atoms with E-state index in [2.05, 4.69) is 5.32 Å². The highest BCUT2D eigenvalue weighted by molar-refractivity contribution is 8.00. The Morgan fingerprint density at radius 3 is 2.60 bits per heavy atom. The second-order valence-electron chi connectivity index (χ2n) is 5.33. The second kappa shape index (κ2) is 7.57. The Hall–Kier alpha value is -2.54. The van der Waals surface area contributed by atoms with E-state index in [-0.39, 0.29) is 18.0 Å². The summed E-state index contributed by atoms with van der Waals surface area (Å²) in [7, 11) is 3.17. The topological polar surface area (TPSA) is 66.0 Å². The van der Waals surface area contributed by atoms with Crippen LogP contribution in [0.4, 0.5) is 5.69 Å². The predicted octanol–water partition coefficient (Wildman–Crippen LogP) is 3.55. The number of hydrogen-bond donors (Lipinski definition) is 1. The van der Waals surface area contributed by atoms with Crippen LogP contribution in [0.3, 0.4) is 0 Å². The molecule has 1 atom stereocenters. The van der Waals surface area contributed by atoms with Crippen LogP contribution in [0.2, 0.25) is 0 Å². The van der Waals surface area contributed by atoms with Crippen molar-refractivity contribution < 1.29 is 23.7 Å². The van der Waals surface area contributed by atoms with Crippen LogP contribution in [0.1, 0.15) is 6.92 Å². The molecule has 2 aromatic carbocycles. The average Bonchev–Trinajstić information content (AvgIpc) is 3.09. The molecule has 0 aromatic heterocycles. The van der Waals surface area contributed by atoms with Gasteiger partial charge in [0.15, 0.2) is 23.0 Å². The summed E-state index contributed by atoms with van der Waals surface area (Å²) >= 11 is 1.44. The zero-order chi connectivity index (χ0) is 17.8. The minimum Gasteiger partial charge on any atom is -0.493 e. The molecule has 1 amide bonds. The maximum absolute atomic E-state index is 12.4. The third-order valence-electron chi connectivity index (χ3n) is 3.68. The summed E-state index contributed by atoms with van der Waals surface area (Å²) in [6.45, 7) is 2.06. The van der Waals surface area contributed by atoms with Gasteiger partial charge in [0.05, 0.1) is 19.5 Å². The number of ether oxygens (including phenoxy) is 4. The molecule has 3 rings (SSSR count). The summed E-state index contributed by atoms with van der Waals surface area (Å²) in [4.78, 5) is 13.4. The SMILES string of the molecule is COc1ccc(S[C@@H](C)C(=O)Nc2ccc3c(c2)OCO3)cc1OC. The van der Waals surface area contributed by atoms with Gasteiger partial charge in [-0.15, -0.1) is 11.8 Å². The van der Waals surface area contributed by atoms with E-state index >= 15 is 0 Å². The molecular weight excluding hydrogens is 342 g/mol. The van der Waals surface area contributed by atoms with Crippen LogP contribution in [-0.4, -0.2) is 32.2 Å². The number of hydrogen-bond acceptors (Lipinski definition) is 6. The van der Waals surface area contributed by atoms with Crippen molar-refractivity contribution in [2.45, 2.75) is 17.1 Å². The number of amides is 1. The fourth-order valence-electron chi connectivity index (χ4n) is 2.37. The lowest BCUT2D eigenvalue weighted by molar-refractivity contribution is -0.115. The van der Waals surface area contributed by atoms with Crippen LogP contribution in [-0.2, 0) is 4.79 Å². The fraction of sp³-hybridized carbons (Fsp3) is 0.278. The van der Waals surface area contributed by atoms with Gasteiger partial charge < -0.3 is 24.3 Å². The van der Waals surface area contributed by atoms with Gasteiger partial charge >= 0.3 is 0 Å². The lowest BCUT2D eigenvalue weighted by Crippen LogP contribution is -2.22. The second-order valence-corrected chi connectivity index (χ2v) is 6.75. The van der Waals surface area contributed by atoms with Gasteiger partial charge in [-0.05, 0) is 37.3 Å². The van der Waals surface area contributed by atoms with Crippen molar-refractivity contribution in [1.29, 1.82) is 0 Å². The largest absolute Gasteiger partial charge is 0.493 e. The Kier molecular flexibility index (Phi) is 5.23. The van der Waals surface area contributed by atoms with Gasteiger partial charge in [0.25, 0.3) is 0 Å². The zero-order valence-corrected chi connectivity index (χ0v) is 15.0. The third kappa shape index (κ3) is 3.93. The number of fused-ring (bicyclic) bond motifs is 1. The molecule has 1 aliphatic rings. The number of rotatable bonds is 6. The normalized spacial score (nSPS) is 13.2. The summed E-state index contributed by atoms with van der Waals surface area (Å²) in [6, 6.07) is 10.9. The maximum Gasteiger partial charge on any atom is 0.237 e. The van der Waals surface area contributed by atoms with E-state index in [4.69, 9.17) is 18.9 Å². The number of methoxy groups -OCH3 is 2. The number of carbonyl (C=O) groups is 1. The van der Waals surface area contributed by atoms with Crippen molar-refractivity contribution in [3.63, 3.8) is 0 Å². The van der Waals surface area contributed by atoms with E-state index < -0.39 is 0 Å². The molecule has 1 heterocycles. The first-order chi connectivity index (χ1) is 12.1. The zero-order valence-electron chi connectivity index (χ0n) is 14.2. The smallest absolute Gasteiger partial charge is 0.237 e.